The smallest absolute Gasteiger partial charge is 0.222 e. The zero-order valence-corrected chi connectivity index (χ0v) is 13.0. The van der Waals surface area contributed by atoms with Crippen LogP contribution in [0.2, 0.25) is 0 Å². The maximum atomic E-state index is 12.0. The fourth-order valence-electron chi connectivity index (χ4n) is 2.98. The van der Waals surface area contributed by atoms with Gasteiger partial charge in [-0.25, -0.2) is 4.98 Å². The molecule has 1 aromatic heterocycles. The summed E-state index contributed by atoms with van der Waals surface area (Å²) in [5, 5.41) is 7.06. The van der Waals surface area contributed by atoms with Crippen LogP contribution in [0.3, 0.4) is 0 Å². The van der Waals surface area contributed by atoms with Gasteiger partial charge in [-0.05, 0) is 49.3 Å². The van der Waals surface area contributed by atoms with Crippen molar-refractivity contribution < 1.29 is 4.79 Å². The number of fused-ring (bicyclic) bond motifs is 1. The molecule has 22 heavy (non-hydrogen) atoms. The molecule has 0 fully saturated rings. The Labute approximate surface area is 130 Å². The van der Waals surface area contributed by atoms with Gasteiger partial charge in [0.25, 0.3) is 0 Å². The van der Waals surface area contributed by atoms with E-state index in [4.69, 9.17) is 0 Å². The molecule has 1 amide bonds. The molecule has 5 heteroatoms. The number of nitrogens with zero attached hydrogens (tertiary/aromatic N) is 3. The Kier molecular flexibility index (Phi) is 4.51. The van der Waals surface area contributed by atoms with E-state index in [-0.39, 0.29) is 11.9 Å². The van der Waals surface area contributed by atoms with Gasteiger partial charge in [-0.2, -0.15) is 5.10 Å². The Bertz CT molecular complexity index is 636. The van der Waals surface area contributed by atoms with E-state index >= 15 is 0 Å². The van der Waals surface area contributed by atoms with Gasteiger partial charge in [-0.15, -0.1) is 0 Å². The molecular weight excluding hydrogens is 276 g/mol. The zero-order chi connectivity index (χ0) is 15.4. The minimum Gasteiger partial charge on any atom is -0.350 e. The van der Waals surface area contributed by atoms with E-state index in [9.17, 15) is 4.79 Å². The summed E-state index contributed by atoms with van der Waals surface area (Å²) in [5.41, 5.74) is 4.11. The minimum absolute atomic E-state index is 0.0375. The molecule has 1 aromatic carbocycles. The molecule has 1 N–H and O–H groups in total. The predicted molar refractivity (Wildman–Crippen MR) is 84.3 cm³/mol. The van der Waals surface area contributed by atoms with Gasteiger partial charge in [0.2, 0.25) is 5.91 Å². The van der Waals surface area contributed by atoms with Crippen LogP contribution in [0.25, 0.3) is 0 Å². The van der Waals surface area contributed by atoms with Gasteiger partial charge in [-0.1, -0.05) is 18.2 Å². The van der Waals surface area contributed by atoms with Crippen molar-refractivity contribution in [3.8, 4) is 0 Å². The van der Waals surface area contributed by atoms with Crippen LogP contribution in [-0.4, -0.2) is 20.7 Å². The number of benzene rings is 1. The third-order valence-corrected chi connectivity index (χ3v) is 4.28. The highest BCUT2D eigenvalue weighted by atomic mass is 16.1. The standard InChI is InChI=1S/C17H22N4O/c1-13(20-17(22)8-9-21-12-18-11-19-21)15-7-6-14-4-2-3-5-16(14)10-15/h6-7,10-13H,2-5,8-9H2,1H3,(H,20,22)/t13-/m1/s1. The second-order valence-corrected chi connectivity index (χ2v) is 5.93. The number of hydrogen-bond donors (Lipinski definition) is 1. The Morgan fingerprint density at radius 3 is 2.91 bits per heavy atom. The lowest BCUT2D eigenvalue weighted by Crippen LogP contribution is -2.27. The minimum atomic E-state index is 0.0375. The third-order valence-electron chi connectivity index (χ3n) is 4.28. The molecule has 0 radical (unpaired) electrons. The molecule has 116 valence electrons. The maximum absolute atomic E-state index is 12.0. The fraction of sp³-hybridized carbons (Fsp3) is 0.471. The summed E-state index contributed by atoms with van der Waals surface area (Å²) in [6.45, 7) is 2.60. The average molecular weight is 298 g/mol. The van der Waals surface area contributed by atoms with Gasteiger partial charge in [0.15, 0.2) is 0 Å². The Morgan fingerprint density at radius 2 is 2.14 bits per heavy atom. The van der Waals surface area contributed by atoms with Gasteiger partial charge < -0.3 is 5.32 Å². The number of rotatable bonds is 5. The summed E-state index contributed by atoms with van der Waals surface area (Å²) in [6.07, 6.45) is 8.44. The molecule has 0 spiro atoms. The van der Waals surface area contributed by atoms with Crippen molar-refractivity contribution in [3.63, 3.8) is 0 Å². The summed E-state index contributed by atoms with van der Waals surface area (Å²) in [4.78, 5) is 15.9. The van der Waals surface area contributed by atoms with Gasteiger partial charge in [0.05, 0.1) is 12.6 Å². The molecule has 1 aliphatic carbocycles. The SMILES string of the molecule is C[C@@H](NC(=O)CCn1cncn1)c1ccc2c(c1)CCCC2. The first-order chi connectivity index (χ1) is 10.7. The van der Waals surface area contributed by atoms with Crippen molar-refractivity contribution in [3.05, 3.63) is 47.5 Å². The molecule has 3 rings (SSSR count). The van der Waals surface area contributed by atoms with Crippen LogP contribution in [0.1, 0.15) is 48.9 Å². The lowest BCUT2D eigenvalue weighted by molar-refractivity contribution is -0.122. The van der Waals surface area contributed by atoms with Crippen LogP contribution in [0.4, 0.5) is 0 Å². The Morgan fingerprint density at radius 1 is 1.32 bits per heavy atom. The molecule has 2 aromatic rings. The van der Waals surface area contributed by atoms with Crippen molar-refractivity contribution in [1.29, 1.82) is 0 Å². The fourth-order valence-corrected chi connectivity index (χ4v) is 2.98. The normalized spacial score (nSPS) is 15.1. The molecular formula is C17H22N4O. The second-order valence-electron chi connectivity index (χ2n) is 5.93. The van der Waals surface area contributed by atoms with E-state index in [2.05, 4.69) is 33.6 Å². The molecule has 1 heterocycles. The molecule has 1 aliphatic rings. The largest absolute Gasteiger partial charge is 0.350 e. The second kappa shape index (κ2) is 6.73. The van der Waals surface area contributed by atoms with Crippen molar-refractivity contribution in [2.24, 2.45) is 0 Å². The molecule has 1 atom stereocenters. The predicted octanol–water partition coefficient (Wildman–Crippen LogP) is 2.42. The van der Waals surface area contributed by atoms with E-state index in [1.165, 1.54) is 42.3 Å². The summed E-state index contributed by atoms with van der Waals surface area (Å²) >= 11 is 0. The van der Waals surface area contributed by atoms with Crippen LogP contribution < -0.4 is 5.32 Å². The first kappa shape index (κ1) is 14.8. The summed E-state index contributed by atoms with van der Waals surface area (Å²) in [5.74, 6) is 0.0423. The first-order valence-electron chi connectivity index (χ1n) is 7.96. The molecule has 0 saturated carbocycles. The van der Waals surface area contributed by atoms with Crippen molar-refractivity contribution >= 4 is 5.91 Å². The third kappa shape index (κ3) is 3.53. The van der Waals surface area contributed by atoms with Crippen molar-refractivity contribution in [2.45, 2.75) is 51.6 Å². The summed E-state index contributed by atoms with van der Waals surface area (Å²) in [6, 6.07) is 6.67. The molecule has 0 unspecified atom stereocenters. The Hall–Kier alpha value is -2.17. The van der Waals surface area contributed by atoms with E-state index < -0.39 is 0 Å². The van der Waals surface area contributed by atoms with Crippen LogP contribution in [0.5, 0.6) is 0 Å². The summed E-state index contributed by atoms with van der Waals surface area (Å²) < 4.78 is 1.67. The monoisotopic (exact) mass is 298 g/mol. The van der Waals surface area contributed by atoms with Gasteiger partial charge in [-0.3, -0.25) is 9.48 Å². The van der Waals surface area contributed by atoms with E-state index in [0.717, 1.165) is 6.42 Å². The van der Waals surface area contributed by atoms with Crippen LogP contribution in [0, 0.1) is 0 Å². The number of carbonyl (C=O) groups is 1. The van der Waals surface area contributed by atoms with E-state index in [1.807, 2.05) is 6.92 Å². The van der Waals surface area contributed by atoms with Gasteiger partial charge in [0, 0.05) is 6.42 Å². The number of aryl methyl sites for hydroxylation is 3. The number of aromatic nitrogens is 3. The number of nitrogens with one attached hydrogen (secondary N) is 1. The molecule has 0 aliphatic heterocycles. The lowest BCUT2D eigenvalue weighted by atomic mass is 9.89. The van der Waals surface area contributed by atoms with Gasteiger partial charge in [0.1, 0.15) is 12.7 Å². The average Bonchev–Trinajstić information content (AvgIpc) is 3.06. The van der Waals surface area contributed by atoms with Crippen LogP contribution in [-0.2, 0) is 24.2 Å². The van der Waals surface area contributed by atoms with E-state index in [1.54, 1.807) is 11.0 Å². The van der Waals surface area contributed by atoms with Crippen molar-refractivity contribution in [2.75, 3.05) is 0 Å². The quantitative estimate of drug-likeness (QED) is 0.922. The topological polar surface area (TPSA) is 59.8 Å². The molecule has 5 nitrogen and oxygen atoms in total. The van der Waals surface area contributed by atoms with E-state index in [0.29, 0.717) is 13.0 Å². The number of amides is 1. The molecule has 0 bridgehead atoms. The zero-order valence-electron chi connectivity index (χ0n) is 13.0. The highest BCUT2D eigenvalue weighted by Gasteiger charge is 2.14. The lowest BCUT2D eigenvalue weighted by Gasteiger charge is -2.20. The van der Waals surface area contributed by atoms with Crippen molar-refractivity contribution in [1.82, 2.24) is 20.1 Å². The number of hydrogen-bond acceptors (Lipinski definition) is 3. The summed E-state index contributed by atoms with van der Waals surface area (Å²) in [7, 11) is 0. The first-order valence-corrected chi connectivity index (χ1v) is 7.96. The number of carbonyl (C=O) groups excluding carboxylic acids is 1. The highest BCUT2D eigenvalue weighted by Crippen LogP contribution is 2.24. The maximum Gasteiger partial charge on any atom is 0.222 e. The highest BCUT2D eigenvalue weighted by molar-refractivity contribution is 5.76. The van der Waals surface area contributed by atoms with Crippen LogP contribution in [0.15, 0.2) is 30.9 Å². The van der Waals surface area contributed by atoms with Gasteiger partial charge >= 0.3 is 0 Å². The Balaban J connectivity index is 1.56. The molecule has 0 saturated heterocycles. The van der Waals surface area contributed by atoms with Crippen LogP contribution >= 0.6 is 0 Å².